The summed E-state index contributed by atoms with van der Waals surface area (Å²) in [6, 6.07) is 26.9. The van der Waals surface area contributed by atoms with Gasteiger partial charge in [0.25, 0.3) is 0 Å². The van der Waals surface area contributed by atoms with Crippen LogP contribution < -0.4 is 0 Å². The smallest absolute Gasteiger partial charge is 0.0178 e. The molecule has 256 valence electrons. The summed E-state index contributed by atoms with van der Waals surface area (Å²) in [7, 11) is 0. The first-order valence-corrected chi connectivity index (χ1v) is 18.1. The molecule has 0 radical (unpaired) electrons. The summed E-state index contributed by atoms with van der Waals surface area (Å²) in [5.41, 5.74) is 19.1. The number of aryl methyl sites for hydroxylation is 12. The van der Waals surface area contributed by atoms with Crippen LogP contribution in [0.15, 0.2) is 72.8 Å². The van der Waals surface area contributed by atoms with Gasteiger partial charge in [0.2, 0.25) is 0 Å². The molecule has 0 bridgehead atoms. The van der Waals surface area contributed by atoms with Crippen LogP contribution in [-0.4, -0.2) is 0 Å². The molecule has 0 spiro atoms. The third-order valence-corrected chi connectivity index (χ3v) is 11.8. The van der Waals surface area contributed by atoms with Gasteiger partial charge in [-0.1, -0.05) is 100 Å². The molecule has 0 amide bonds. The Morgan fingerprint density at radius 1 is 0.250 bits per heavy atom. The van der Waals surface area contributed by atoms with Gasteiger partial charge in [0.05, 0.1) is 0 Å². The first kappa shape index (κ1) is 38.8. The lowest BCUT2D eigenvalue weighted by Gasteiger charge is -2.45. The van der Waals surface area contributed by atoms with E-state index in [-0.39, 0.29) is 0 Å². The molecular formula is C48H64. The highest BCUT2D eigenvalue weighted by Crippen LogP contribution is 2.44. The van der Waals surface area contributed by atoms with E-state index in [4.69, 9.17) is 0 Å². The van der Waals surface area contributed by atoms with Crippen molar-refractivity contribution in [3.63, 3.8) is 0 Å². The average Bonchev–Trinajstić information content (AvgIpc) is 3.04. The molecule has 0 unspecified atom stereocenters. The second-order valence-electron chi connectivity index (χ2n) is 15.3. The molecule has 0 nitrogen and oxygen atoms in total. The van der Waals surface area contributed by atoms with Crippen LogP contribution in [0, 0.1) is 107 Å². The molecule has 0 aromatic heterocycles. The van der Waals surface area contributed by atoms with Gasteiger partial charge < -0.3 is 0 Å². The third kappa shape index (κ3) is 9.72. The molecule has 0 saturated heterocycles. The molecular weight excluding hydrogens is 577 g/mol. The van der Waals surface area contributed by atoms with Crippen LogP contribution >= 0.6 is 0 Å². The maximum atomic E-state index is 2.36. The molecule has 1 saturated carbocycles. The fraction of sp³-hybridized carbons (Fsp3) is 0.417. The van der Waals surface area contributed by atoms with Crippen LogP contribution in [0.2, 0.25) is 0 Å². The Bertz CT molecular complexity index is 1630. The normalized spacial score (nSPS) is 18.0. The maximum absolute atomic E-state index is 2.36. The van der Waals surface area contributed by atoms with Gasteiger partial charge in [-0.15, -0.1) is 0 Å². The van der Waals surface area contributed by atoms with Gasteiger partial charge in [-0.2, -0.15) is 0 Å². The van der Waals surface area contributed by atoms with E-state index >= 15 is 0 Å². The highest BCUT2D eigenvalue weighted by atomic mass is 14.4. The summed E-state index contributed by atoms with van der Waals surface area (Å²) in [6.45, 7) is 35.4. The number of benzene rings is 5. The minimum absolute atomic E-state index is 0.977. The Morgan fingerprint density at radius 2 is 0.458 bits per heavy atom. The van der Waals surface area contributed by atoms with Crippen LogP contribution in [0.3, 0.4) is 0 Å². The minimum Gasteiger partial charge on any atom is -0.0620 e. The second-order valence-corrected chi connectivity index (χ2v) is 15.3. The molecule has 6 rings (SSSR count). The summed E-state index contributed by atoms with van der Waals surface area (Å²) in [4.78, 5) is 0. The van der Waals surface area contributed by atoms with Crippen LogP contribution in [0.1, 0.15) is 94.5 Å². The molecule has 0 heteroatoms. The zero-order valence-corrected chi connectivity index (χ0v) is 33.2. The predicted molar refractivity (Wildman–Crippen MR) is 216 cm³/mol. The number of hydrogen-bond donors (Lipinski definition) is 0. The summed E-state index contributed by atoms with van der Waals surface area (Å²) in [6.07, 6.45) is 0. The van der Waals surface area contributed by atoms with E-state index in [0.29, 0.717) is 0 Å². The van der Waals surface area contributed by atoms with Gasteiger partial charge in [0.1, 0.15) is 0 Å². The topological polar surface area (TPSA) is 0 Å². The van der Waals surface area contributed by atoms with Gasteiger partial charge in [0, 0.05) is 0 Å². The van der Waals surface area contributed by atoms with Crippen molar-refractivity contribution in [2.45, 2.75) is 111 Å². The summed E-state index contributed by atoms with van der Waals surface area (Å²) in [5.74, 6) is 3.91. The van der Waals surface area contributed by atoms with E-state index in [1.807, 2.05) is 0 Å². The Morgan fingerprint density at radius 3 is 0.688 bits per heavy atom. The zero-order valence-electron chi connectivity index (χ0n) is 33.2. The maximum Gasteiger partial charge on any atom is -0.0178 e. The number of rotatable bonds is 1. The summed E-state index contributed by atoms with van der Waals surface area (Å²) < 4.78 is 0. The van der Waals surface area contributed by atoms with E-state index in [9.17, 15) is 0 Å². The fourth-order valence-corrected chi connectivity index (χ4v) is 6.52. The van der Waals surface area contributed by atoms with Crippen LogP contribution in [0.25, 0.3) is 21.9 Å². The second kappa shape index (κ2) is 16.6. The lowest BCUT2D eigenvalue weighted by atomic mass is 9.60. The first-order valence-electron chi connectivity index (χ1n) is 18.1. The number of fused-ring (bicyclic) bond motifs is 1. The summed E-state index contributed by atoms with van der Waals surface area (Å²) >= 11 is 0. The van der Waals surface area contributed by atoms with E-state index in [1.54, 1.807) is 0 Å². The fourth-order valence-electron chi connectivity index (χ4n) is 6.52. The molecule has 0 heterocycles. The lowest BCUT2D eigenvalue weighted by molar-refractivity contribution is 0.0302. The van der Waals surface area contributed by atoms with Crippen LogP contribution in [0.5, 0.6) is 0 Å². The number of hydrogen-bond acceptors (Lipinski definition) is 0. The van der Waals surface area contributed by atoms with Crippen molar-refractivity contribution in [2.24, 2.45) is 23.7 Å². The van der Waals surface area contributed by atoms with Crippen molar-refractivity contribution in [1.29, 1.82) is 0 Å². The van der Waals surface area contributed by atoms with Crippen molar-refractivity contribution < 1.29 is 0 Å². The molecule has 0 N–H and O–H groups in total. The Balaban J connectivity index is 0.000000179. The van der Waals surface area contributed by atoms with Gasteiger partial charge >= 0.3 is 0 Å². The molecule has 1 fully saturated rings. The van der Waals surface area contributed by atoms with Crippen LogP contribution in [0.4, 0.5) is 0 Å². The minimum atomic E-state index is 0.977. The molecule has 1 aliphatic rings. The average molecular weight is 641 g/mol. The quantitative estimate of drug-likeness (QED) is 0.171. The Hall–Kier alpha value is -3.64. The Kier molecular flexibility index (Phi) is 13.5. The van der Waals surface area contributed by atoms with Crippen molar-refractivity contribution >= 4 is 10.8 Å². The lowest BCUT2D eigenvalue weighted by Crippen LogP contribution is -2.39. The van der Waals surface area contributed by atoms with Gasteiger partial charge in [-0.25, -0.2) is 0 Å². The third-order valence-electron chi connectivity index (χ3n) is 11.8. The molecule has 5 aromatic rings. The Labute approximate surface area is 295 Å². The predicted octanol–water partition coefficient (Wildman–Crippen LogP) is 14.1. The van der Waals surface area contributed by atoms with Crippen molar-refractivity contribution in [2.75, 3.05) is 0 Å². The SMILES string of the molecule is CC1C(C)C(C)C1C.Cc1cc(C)c(C)cc1C.Cc1cc2cc(C)c(C)cc2cc1C.Cc1ccc(-c2ccc(C)c(C)c2)cc1C. The molecule has 1 aliphatic carbocycles. The van der Waals surface area contributed by atoms with Gasteiger partial charge in [0.15, 0.2) is 0 Å². The van der Waals surface area contributed by atoms with Crippen molar-refractivity contribution in [3.05, 3.63) is 140 Å². The van der Waals surface area contributed by atoms with Crippen molar-refractivity contribution in [1.82, 2.24) is 0 Å². The molecule has 5 aromatic carbocycles. The van der Waals surface area contributed by atoms with Gasteiger partial charge in [-0.05, 0) is 195 Å². The van der Waals surface area contributed by atoms with E-state index in [2.05, 4.69) is 184 Å². The molecule has 48 heavy (non-hydrogen) atoms. The van der Waals surface area contributed by atoms with E-state index in [1.165, 1.54) is 88.7 Å². The van der Waals surface area contributed by atoms with Gasteiger partial charge in [-0.3, -0.25) is 0 Å². The molecule has 0 atom stereocenters. The van der Waals surface area contributed by atoms with E-state index < -0.39 is 0 Å². The largest absolute Gasteiger partial charge is 0.0620 e. The molecule has 0 aliphatic heterocycles. The monoisotopic (exact) mass is 641 g/mol. The van der Waals surface area contributed by atoms with E-state index in [0.717, 1.165) is 23.7 Å². The first-order chi connectivity index (χ1) is 22.4. The van der Waals surface area contributed by atoms with Crippen LogP contribution in [-0.2, 0) is 0 Å². The zero-order chi connectivity index (χ0) is 36.0. The summed E-state index contributed by atoms with van der Waals surface area (Å²) in [5, 5.41) is 2.72. The standard InChI is InChI=1S/C16H18.C14H16.C10H14.C8H16/c1-11-5-7-15(9-13(11)3)16-8-6-12(2)14(4)10-16;1-9-5-13-7-11(3)12(4)8-14(13)6-10(9)2;1-7-5-9(3)10(4)6-8(7)2;1-5-6(2)8(4)7(5)3/h5-10H,1-4H3;5-8H,1-4H3;5-6H,1-4H3;5-8H,1-4H3. The van der Waals surface area contributed by atoms with Crippen molar-refractivity contribution in [3.8, 4) is 11.1 Å². The highest BCUT2D eigenvalue weighted by Gasteiger charge is 2.38. The highest BCUT2D eigenvalue weighted by molar-refractivity contribution is 5.85.